The number of primary sulfonamides is 1. The second-order valence-electron chi connectivity index (χ2n) is 7.42. The zero-order valence-corrected chi connectivity index (χ0v) is 18.3. The lowest BCUT2D eigenvalue weighted by atomic mass is 10.1. The lowest BCUT2D eigenvalue weighted by molar-refractivity contribution is -0.112. The van der Waals surface area contributed by atoms with Crippen LogP contribution in [0, 0.1) is 25.2 Å². The minimum Gasteiger partial charge on any atom is -0.373 e. The van der Waals surface area contributed by atoms with Gasteiger partial charge in [-0.3, -0.25) is 4.79 Å². The van der Waals surface area contributed by atoms with Gasteiger partial charge in [0.25, 0.3) is 5.91 Å². The number of nitriles is 1. The van der Waals surface area contributed by atoms with Gasteiger partial charge in [-0.25, -0.2) is 13.6 Å². The predicted molar refractivity (Wildman–Crippen MR) is 120 cm³/mol. The van der Waals surface area contributed by atoms with Gasteiger partial charge in [-0.1, -0.05) is 12.1 Å². The molecule has 0 aromatic heterocycles. The van der Waals surface area contributed by atoms with Crippen molar-refractivity contribution in [3.8, 4) is 6.07 Å². The van der Waals surface area contributed by atoms with E-state index in [0.29, 0.717) is 18.8 Å². The molecule has 3 N–H and O–H groups in total. The first-order valence-electron chi connectivity index (χ1n) is 9.80. The number of anilines is 2. The third-order valence-corrected chi connectivity index (χ3v) is 6.28. The van der Waals surface area contributed by atoms with Crippen LogP contribution in [-0.2, 0) is 14.8 Å². The van der Waals surface area contributed by atoms with Crippen molar-refractivity contribution in [1.29, 1.82) is 5.26 Å². The summed E-state index contributed by atoms with van der Waals surface area (Å²) in [4.78, 5) is 16.7. The molecular weight excluding hydrogens is 414 g/mol. The Labute approximate surface area is 182 Å². The number of piperazine rings is 1. The molecule has 8 nitrogen and oxygen atoms in total. The highest BCUT2D eigenvalue weighted by molar-refractivity contribution is 7.89. The Hall–Kier alpha value is -3.35. The lowest BCUT2D eigenvalue weighted by Gasteiger charge is -2.36. The maximum atomic E-state index is 12.5. The highest BCUT2D eigenvalue weighted by atomic mass is 32.2. The lowest BCUT2D eigenvalue weighted by Crippen LogP contribution is -2.44. The number of benzene rings is 2. The Balaban J connectivity index is 1.63. The minimum atomic E-state index is -3.81. The summed E-state index contributed by atoms with van der Waals surface area (Å²) in [6.45, 7) is 7.17. The van der Waals surface area contributed by atoms with Gasteiger partial charge >= 0.3 is 0 Å². The molecule has 0 radical (unpaired) electrons. The molecule has 1 amide bonds. The molecule has 1 saturated heterocycles. The topological polar surface area (TPSA) is 120 Å². The van der Waals surface area contributed by atoms with Crippen LogP contribution in [0.3, 0.4) is 0 Å². The van der Waals surface area contributed by atoms with Crippen LogP contribution in [0.2, 0.25) is 0 Å². The summed E-state index contributed by atoms with van der Waals surface area (Å²) in [5.41, 5.74) is 4.08. The molecule has 2 aromatic carbocycles. The molecule has 1 heterocycles. The van der Waals surface area contributed by atoms with Gasteiger partial charge in [0.2, 0.25) is 10.0 Å². The number of carbonyl (C=O) groups excluding carboxylic acids is 1. The van der Waals surface area contributed by atoms with Crippen LogP contribution in [0.15, 0.2) is 59.1 Å². The molecule has 1 aliphatic rings. The standard InChI is InChI=1S/C22H25N5O3S/c1-16-4-3-5-21(17(16)2)27-12-10-26(11-13-27)15-18(14-23)22(28)25-19-6-8-20(9-7-19)31(24,29)30/h3-9,15H,10-13H2,1-2H3,(H,25,28)(H2,24,29,30)/b18-15-. The number of aryl methyl sites for hydroxylation is 1. The maximum Gasteiger partial charge on any atom is 0.267 e. The number of hydrogen-bond acceptors (Lipinski definition) is 6. The van der Waals surface area contributed by atoms with Gasteiger partial charge in [-0.05, 0) is 55.3 Å². The number of sulfonamides is 1. The second kappa shape index (κ2) is 9.20. The molecule has 0 saturated carbocycles. The largest absolute Gasteiger partial charge is 0.373 e. The molecule has 9 heteroatoms. The first-order valence-corrected chi connectivity index (χ1v) is 11.3. The van der Waals surface area contributed by atoms with Crippen molar-refractivity contribution in [2.45, 2.75) is 18.7 Å². The number of carbonyl (C=O) groups is 1. The summed E-state index contributed by atoms with van der Waals surface area (Å²) in [7, 11) is -3.81. The van der Waals surface area contributed by atoms with E-state index >= 15 is 0 Å². The van der Waals surface area contributed by atoms with Crippen LogP contribution in [-0.4, -0.2) is 45.4 Å². The van der Waals surface area contributed by atoms with Crippen molar-refractivity contribution in [2.24, 2.45) is 5.14 Å². The van der Waals surface area contributed by atoms with Crippen LogP contribution >= 0.6 is 0 Å². The van der Waals surface area contributed by atoms with E-state index in [1.165, 1.54) is 41.1 Å². The second-order valence-corrected chi connectivity index (χ2v) is 8.98. The van der Waals surface area contributed by atoms with E-state index < -0.39 is 15.9 Å². The molecule has 2 aromatic rings. The summed E-state index contributed by atoms with van der Waals surface area (Å²) in [5, 5.41) is 17.1. The first kappa shape index (κ1) is 22.3. The fraction of sp³-hybridized carbons (Fsp3) is 0.273. The SMILES string of the molecule is Cc1cccc(N2CCN(/C=C(/C#N)C(=O)Nc3ccc(S(N)(=O)=O)cc3)CC2)c1C. The van der Waals surface area contributed by atoms with Gasteiger partial charge in [0, 0.05) is 43.8 Å². The number of nitrogens with zero attached hydrogens (tertiary/aromatic N) is 3. The molecule has 0 bridgehead atoms. The van der Waals surface area contributed by atoms with Gasteiger partial charge in [0.15, 0.2) is 0 Å². The summed E-state index contributed by atoms with van der Waals surface area (Å²) < 4.78 is 22.6. The molecule has 0 spiro atoms. The number of rotatable bonds is 5. The van der Waals surface area contributed by atoms with E-state index in [1.54, 1.807) is 6.20 Å². The van der Waals surface area contributed by atoms with Gasteiger partial charge in [0.1, 0.15) is 11.6 Å². The van der Waals surface area contributed by atoms with Gasteiger partial charge < -0.3 is 15.1 Å². The van der Waals surface area contributed by atoms with Crippen LogP contribution in [0.25, 0.3) is 0 Å². The number of nitrogens with one attached hydrogen (secondary N) is 1. The molecule has 3 rings (SSSR count). The molecule has 1 fully saturated rings. The van der Waals surface area contributed by atoms with E-state index in [2.05, 4.69) is 42.3 Å². The van der Waals surface area contributed by atoms with E-state index in [4.69, 9.17) is 5.14 Å². The summed E-state index contributed by atoms with van der Waals surface area (Å²) in [6.07, 6.45) is 1.58. The number of amides is 1. The Morgan fingerprint density at radius 1 is 1.10 bits per heavy atom. The van der Waals surface area contributed by atoms with Crippen molar-refractivity contribution >= 4 is 27.3 Å². The Morgan fingerprint density at radius 2 is 1.74 bits per heavy atom. The van der Waals surface area contributed by atoms with Crippen molar-refractivity contribution in [2.75, 3.05) is 36.4 Å². The van der Waals surface area contributed by atoms with E-state index in [-0.39, 0.29) is 10.5 Å². The quantitative estimate of drug-likeness (QED) is 0.544. The van der Waals surface area contributed by atoms with E-state index in [9.17, 15) is 18.5 Å². The zero-order chi connectivity index (χ0) is 22.6. The Kier molecular flexibility index (Phi) is 6.63. The van der Waals surface area contributed by atoms with Crippen LogP contribution in [0.4, 0.5) is 11.4 Å². The summed E-state index contributed by atoms with van der Waals surface area (Å²) in [6, 6.07) is 13.7. The number of nitrogens with two attached hydrogens (primary N) is 1. The van der Waals surface area contributed by atoms with Gasteiger partial charge in [0.05, 0.1) is 4.90 Å². The van der Waals surface area contributed by atoms with Crippen molar-refractivity contribution in [3.63, 3.8) is 0 Å². The third-order valence-electron chi connectivity index (χ3n) is 5.35. The van der Waals surface area contributed by atoms with Crippen molar-refractivity contribution < 1.29 is 13.2 Å². The monoisotopic (exact) mass is 439 g/mol. The maximum absolute atomic E-state index is 12.5. The van der Waals surface area contributed by atoms with E-state index in [0.717, 1.165) is 13.1 Å². The molecule has 31 heavy (non-hydrogen) atoms. The molecule has 0 unspecified atom stereocenters. The smallest absolute Gasteiger partial charge is 0.267 e. The zero-order valence-electron chi connectivity index (χ0n) is 17.5. The molecular formula is C22H25N5O3S. The highest BCUT2D eigenvalue weighted by Crippen LogP contribution is 2.24. The predicted octanol–water partition coefficient (Wildman–Crippen LogP) is 2.12. The Morgan fingerprint density at radius 3 is 2.32 bits per heavy atom. The van der Waals surface area contributed by atoms with E-state index in [1.807, 2.05) is 11.0 Å². The highest BCUT2D eigenvalue weighted by Gasteiger charge is 2.19. The minimum absolute atomic E-state index is 0.0179. The van der Waals surface area contributed by atoms with Crippen molar-refractivity contribution in [1.82, 2.24) is 4.90 Å². The fourth-order valence-corrected chi connectivity index (χ4v) is 3.93. The van der Waals surface area contributed by atoms with Crippen LogP contribution < -0.4 is 15.4 Å². The van der Waals surface area contributed by atoms with Crippen LogP contribution in [0.5, 0.6) is 0 Å². The Bertz CT molecular complexity index is 1140. The molecule has 1 aliphatic heterocycles. The normalized spacial score (nSPS) is 14.8. The number of hydrogen-bond donors (Lipinski definition) is 2. The average molecular weight is 440 g/mol. The molecule has 162 valence electrons. The van der Waals surface area contributed by atoms with Gasteiger partial charge in [-0.15, -0.1) is 0 Å². The van der Waals surface area contributed by atoms with Gasteiger partial charge in [-0.2, -0.15) is 5.26 Å². The summed E-state index contributed by atoms with van der Waals surface area (Å²) >= 11 is 0. The first-order chi connectivity index (χ1) is 14.7. The molecule has 0 aliphatic carbocycles. The molecule has 0 atom stereocenters. The van der Waals surface area contributed by atoms with Crippen molar-refractivity contribution in [3.05, 3.63) is 65.4 Å². The average Bonchev–Trinajstić information content (AvgIpc) is 2.74. The van der Waals surface area contributed by atoms with Crippen LogP contribution in [0.1, 0.15) is 11.1 Å². The fourth-order valence-electron chi connectivity index (χ4n) is 3.42. The third kappa shape index (κ3) is 5.42. The summed E-state index contributed by atoms with van der Waals surface area (Å²) in [5.74, 6) is -0.553.